The van der Waals surface area contributed by atoms with Gasteiger partial charge in [0.1, 0.15) is 17.4 Å². The summed E-state index contributed by atoms with van der Waals surface area (Å²) in [5.41, 5.74) is 0.686. The summed E-state index contributed by atoms with van der Waals surface area (Å²) in [5.74, 6) is -0.308. The third-order valence-corrected chi connectivity index (χ3v) is 1.98. The number of carbonyl (C=O) groups is 1. The maximum Gasteiger partial charge on any atom is 0.262 e. The number of rotatable bonds is 4. The van der Waals surface area contributed by atoms with E-state index in [0.29, 0.717) is 12.1 Å². The molecule has 1 aromatic rings. The molecular weight excluding hydrogens is 216 g/mol. The molecule has 0 aromatic heterocycles. The quantitative estimate of drug-likeness (QED) is 0.467. The fourth-order valence-electron chi connectivity index (χ4n) is 1.15. The van der Waals surface area contributed by atoms with Crippen molar-refractivity contribution in [3.05, 3.63) is 48.1 Å². The number of amides is 1. The first-order chi connectivity index (χ1) is 8.17. The van der Waals surface area contributed by atoms with Gasteiger partial charge in [-0.3, -0.25) is 4.79 Å². The maximum atomic E-state index is 11.5. The number of hydrogen-bond acceptors (Lipinski definition) is 3. The minimum atomic E-state index is -0.444. The summed E-state index contributed by atoms with van der Waals surface area (Å²) < 4.78 is 0. The Kier molecular flexibility index (Phi) is 4.52. The normalized spacial score (nSPS) is 10.4. The van der Waals surface area contributed by atoms with Crippen LogP contribution in [0.4, 0.5) is 0 Å². The Labute approximate surface area is 99.5 Å². The summed E-state index contributed by atoms with van der Waals surface area (Å²) in [6, 6.07) is 8.04. The van der Waals surface area contributed by atoms with E-state index in [1.165, 1.54) is 24.3 Å². The van der Waals surface area contributed by atoms with Crippen molar-refractivity contribution in [2.24, 2.45) is 0 Å². The predicted octanol–water partition coefficient (Wildman–Crippen LogP) is 1.60. The molecule has 17 heavy (non-hydrogen) atoms. The molecule has 0 spiro atoms. The van der Waals surface area contributed by atoms with Gasteiger partial charge in [0.25, 0.3) is 5.91 Å². The third kappa shape index (κ3) is 3.84. The molecule has 86 valence electrons. The Bertz CT molecular complexity index is 481. The summed E-state index contributed by atoms with van der Waals surface area (Å²) in [5, 5.41) is 20.5. The number of nitriles is 1. The van der Waals surface area contributed by atoms with Crippen LogP contribution in [0.25, 0.3) is 6.08 Å². The van der Waals surface area contributed by atoms with Crippen molar-refractivity contribution in [1.29, 1.82) is 5.26 Å². The fraction of sp³-hybridized carbons (Fsp3) is 0.0769. The molecule has 2 N–H and O–H groups in total. The first kappa shape index (κ1) is 12.5. The van der Waals surface area contributed by atoms with Gasteiger partial charge in [0.05, 0.1) is 0 Å². The van der Waals surface area contributed by atoms with Crippen molar-refractivity contribution in [2.45, 2.75) is 0 Å². The minimum absolute atomic E-state index is 0.0116. The predicted molar refractivity (Wildman–Crippen MR) is 64.9 cm³/mol. The number of phenolic OH excluding ortho intramolecular Hbond substituents is 1. The average Bonchev–Trinajstić information content (AvgIpc) is 2.35. The molecule has 0 radical (unpaired) electrons. The third-order valence-electron chi connectivity index (χ3n) is 1.98. The van der Waals surface area contributed by atoms with Crippen molar-refractivity contribution in [3.8, 4) is 11.8 Å². The van der Waals surface area contributed by atoms with Crippen LogP contribution in [0.5, 0.6) is 5.75 Å². The summed E-state index contributed by atoms with van der Waals surface area (Å²) in [6.07, 6.45) is 2.99. The lowest BCUT2D eigenvalue weighted by atomic mass is 10.1. The van der Waals surface area contributed by atoms with Crippen LogP contribution < -0.4 is 5.32 Å². The molecule has 1 amide bonds. The molecule has 0 saturated carbocycles. The van der Waals surface area contributed by atoms with Gasteiger partial charge >= 0.3 is 0 Å². The zero-order valence-electron chi connectivity index (χ0n) is 9.18. The van der Waals surface area contributed by atoms with Crippen LogP contribution in [-0.4, -0.2) is 17.6 Å². The van der Waals surface area contributed by atoms with E-state index < -0.39 is 5.91 Å². The molecule has 0 bridgehead atoms. The summed E-state index contributed by atoms with van der Waals surface area (Å²) >= 11 is 0. The van der Waals surface area contributed by atoms with Gasteiger partial charge in [-0.25, -0.2) is 0 Å². The van der Waals surface area contributed by atoms with E-state index in [4.69, 9.17) is 10.4 Å². The number of aromatic hydroxyl groups is 1. The van der Waals surface area contributed by atoms with Crippen LogP contribution in [0.15, 0.2) is 42.5 Å². The zero-order valence-corrected chi connectivity index (χ0v) is 9.18. The van der Waals surface area contributed by atoms with Crippen LogP contribution in [0.1, 0.15) is 5.56 Å². The van der Waals surface area contributed by atoms with E-state index in [1.54, 1.807) is 12.1 Å². The SMILES string of the molecule is C=CCNC(=O)/C(C#N)=C/c1ccc(O)cc1. The van der Waals surface area contributed by atoms with Crippen molar-refractivity contribution >= 4 is 12.0 Å². The second kappa shape index (κ2) is 6.13. The van der Waals surface area contributed by atoms with Crippen molar-refractivity contribution in [1.82, 2.24) is 5.32 Å². The maximum absolute atomic E-state index is 11.5. The lowest BCUT2D eigenvalue weighted by Crippen LogP contribution is -2.24. The standard InChI is InChI=1S/C13H12N2O2/c1-2-7-15-13(17)11(9-14)8-10-3-5-12(16)6-4-10/h2-6,8,16H,1,7H2,(H,15,17)/b11-8+. The van der Waals surface area contributed by atoms with Crippen LogP contribution >= 0.6 is 0 Å². The van der Waals surface area contributed by atoms with Crippen molar-refractivity contribution in [2.75, 3.05) is 6.54 Å². The molecule has 4 heteroatoms. The second-order valence-corrected chi connectivity index (χ2v) is 3.26. The summed E-state index contributed by atoms with van der Waals surface area (Å²) in [4.78, 5) is 11.5. The van der Waals surface area contributed by atoms with E-state index in [9.17, 15) is 4.79 Å². The van der Waals surface area contributed by atoms with Gasteiger partial charge in [0, 0.05) is 6.54 Å². The van der Waals surface area contributed by atoms with E-state index in [0.717, 1.165) is 0 Å². The Hall–Kier alpha value is -2.54. The molecule has 1 aromatic carbocycles. The molecule has 0 aliphatic rings. The van der Waals surface area contributed by atoms with E-state index in [-0.39, 0.29) is 11.3 Å². The Balaban J connectivity index is 2.87. The van der Waals surface area contributed by atoms with E-state index in [1.807, 2.05) is 6.07 Å². The number of nitrogens with one attached hydrogen (secondary N) is 1. The Morgan fingerprint density at radius 3 is 2.65 bits per heavy atom. The topological polar surface area (TPSA) is 73.1 Å². The molecule has 0 aliphatic carbocycles. The largest absolute Gasteiger partial charge is 0.508 e. The molecular formula is C13H12N2O2. The fourth-order valence-corrected chi connectivity index (χ4v) is 1.15. The molecule has 0 atom stereocenters. The summed E-state index contributed by atoms with van der Waals surface area (Å²) in [7, 11) is 0. The Morgan fingerprint density at radius 2 is 2.12 bits per heavy atom. The number of nitrogens with zero attached hydrogens (tertiary/aromatic N) is 1. The second-order valence-electron chi connectivity index (χ2n) is 3.26. The lowest BCUT2D eigenvalue weighted by Gasteiger charge is -2.00. The highest BCUT2D eigenvalue weighted by atomic mass is 16.3. The van der Waals surface area contributed by atoms with Crippen molar-refractivity contribution < 1.29 is 9.90 Å². The zero-order chi connectivity index (χ0) is 12.7. The molecule has 4 nitrogen and oxygen atoms in total. The van der Waals surface area contributed by atoms with Gasteiger partial charge in [-0.05, 0) is 23.8 Å². The smallest absolute Gasteiger partial charge is 0.262 e. The summed E-state index contributed by atoms with van der Waals surface area (Å²) in [6.45, 7) is 3.78. The Morgan fingerprint density at radius 1 is 1.47 bits per heavy atom. The highest BCUT2D eigenvalue weighted by Crippen LogP contribution is 2.12. The van der Waals surface area contributed by atoms with Gasteiger partial charge in [0.2, 0.25) is 0 Å². The first-order valence-electron chi connectivity index (χ1n) is 4.97. The van der Waals surface area contributed by atoms with Gasteiger partial charge in [0.15, 0.2) is 0 Å². The lowest BCUT2D eigenvalue weighted by molar-refractivity contribution is -0.116. The van der Waals surface area contributed by atoms with Crippen LogP contribution in [0.2, 0.25) is 0 Å². The highest BCUT2D eigenvalue weighted by molar-refractivity contribution is 6.01. The molecule has 0 fully saturated rings. The highest BCUT2D eigenvalue weighted by Gasteiger charge is 2.07. The van der Waals surface area contributed by atoms with Crippen LogP contribution in [-0.2, 0) is 4.79 Å². The van der Waals surface area contributed by atoms with Crippen LogP contribution in [0, 0.1) is 11.3 Å². The van der Waals surface area contributed by atoms with E-state index in [2.05, 4.69) is 11.9 Å². The first-order valence-corrected chi connectivity index (χ1v) is 4.97. The van der Waals surface area contributed by atoms with Crippen LogP contribution in [0.3, 0.4) is 0 Å². The molecule has 0 aliphatic heterocycles. The number of phenols is 1. The molecule has 0 saturated heterocycles. The molecule has 1 rings (SSSR count). The van der Waals surface area contributed by atoms with E-state index >= 15 is 0 Å². The molecule has 0 heterocycles. The average molecular weight is 228 g/mol. The number of carbonyl (C=O) groups excluding carboxylic acids is 1. The minimum Gasteiger partial charge on any atom is -0.508 e. The van der Waals surface area contributed by atoms with Gasteiger partial charge < -0.3 is 10.4 Å². The van der Waals surface area contributed by atoms with Gasteiger partial charge in [-0.1, -0.05) is 18.2 Å². The van der Waals surface area contributed by atoms with Gasteiger partial charge in [-0.15, -0.1) is 6.58 Å². The van der Waals surface area contributed by atoms with Gasteiger partial charge in [-0.2, -0.15) is 5.26 Å². The molecule has 0 unspecified atom stereocenters. The van der Waals surface area contributed by atoms with Crippen molar-refractivity contribution in [3.63, 3.8) is 0 Å². The monoisotopic (exact) mass is 228 g/mol. The number of hydrogen-bond donors (Lipinski definition) is 2. The number of benzene rings is 1.